The minimum atomic E-state index is -0.398. The second-order valence-corrected chi connectivity index (χ2v) is 6.16. The highest BCUT2D eigenvalue weighted by Crippen LogP contribution is 2.29. The molecule has 0 atom stereocenters. The molecular weight excluding hydrogens is 326 g/mol. The third-order valence-corrected chi connectivity index (χ3v) is 4.24. The van der Waals surface area contributed by atoms with Crippen LogP contribution in [0.2, 0.25) is 0 Å². The van der Waals surface area contributed by atoms with Crippen molar-refractivity contribution in [2.75, 3.05) is 6.54 Å². The smallest absolute Gasteiger partial charge is 0.341 e. The fourth-order valence-corrected chi connectivity index (χ4v) is 2.94. The van der Waals surface area contributed by atoms with Gasteiger partial charge in [0.1, 0.15) is 0 Å². The molecule has 0 radical (unpaired) electrons. The van der Waals surface area contributed by atoms with Crippen LogP contribution in [0.3, 0.4) is 0 Å². The zero-order valence-corrected chi connectivity index (χ0v) is 14.8. The Morgan fingerprint density at radius 3 is 2.58 bits per heavy atom. The minimum absolute atomic E-state index is 0.00702. The van der Waals surface area contributed by atoms with E-state index >= 15 is 0 Å². The summed E-state index contributed by atoms with van der Waals surface area (Å²) in [6, 6.07) is 16.6. The Balaban J connectivity index is 2.00. The molecule has 0 aliphatic carbocycles. The van der Waals surface area contributed by atoms with Crippen LogP contribution >= 0.6 is 0 Å². The van der Waals surface area contributed by atoms with Crippen LogP contribution in [0, 0.1) is 0 Å². The van der Waals surface area contributed by atoms with E-state index in [0.717, 1.165) is 35.7 Å². The van der Waals surface area contributed by atoms with Crippen molar-refractivity contribution in [1.29, 1.82) is 0 Å². The number of unbranched alkanes of at least 4 members (excludes halogenated alkanes) is 2. The van der Waals surface area contributed by atoms with Gasteiger partial charge in [-0.1, -0.05) is 68.3 Å². The lowest BCUT2D eigenvalue weighted by Gasteiger charge is -2.08. The van der Waals surface area contributed by atoms with E-state index in [1.807, 2.05) is 54.6 Å². The van der Waals surface area contributed by atoms with Gasteiger partial charge in [-0.2, -0.15) is 4.99 Å². The number of nitrogens with one attached hydrogen (secondary N) is 2. The van der Waals surface area contributed by atoms with Gasteiger partial charge in [-0.25, -0.2) is 4.79 Å². The predicted molar refractivity (Wildman–Crippen MR) is 105 cm³/mol. The van der Waals surface area contributed by atoms with E-state index in [4.69, 9.17) is 0 Å². The van der Waals surface area contributed by atoms with E-state index in [1.165, 1.54) is 0 Å². The van der Waals surface area contributed by atoms with Crippen molar-refractivity contribution in [2.45, 2.75) is 26.2 Å². The van der Waals surface area contributed by atoms with E-state index in [1.54, 1.807) is 0 Å². The predicted octanol–water partition coefficient (Wildman–Crippen LogP) is 4.61. The number of aliphatic imine (C=N–C) groups is 1. The Hall–Kier alpha value is -3.08. The molecule has 2 amide bonds. The lowest BCUT2D eigenvalue weighted by Crippen LogP contribution is -2.22. The first-order valence-corrected chi connectivity index (χ1v) is 8.92. The number of fused-ring (bicyclic) bond motifs is 1. The molecule has 1 heterocycles. The summed E-state index contributed by atoms with van der Waals surface area (Å²) in [5, 5.41) is 14.1. The molecule has 3 rings (SSSR count). The van der Waals surface area contributed by atoms with E-state index in [-0.39, 0.29) is 5.88 Å². The van der Waals surface area contributed by atoms with E-state index in [0.29, 0.717) is 17.8 Å². The van der Waals surface area contributed by atoms with Gasteiger partial charge in [0.25, 0.3) is 0 Å². The Labute approximate surface area is 152 Å². The fourth-order valence-electron chi connectivity index (χ4n) is 2.94. The maximum atomic E-state index is 12.3. The zero-order chi connectivity index (χ0) is 18.4. The van der Waals surface area contributed by atoms with Crippen LogP contribution < -0.4 is 5.32 Å². The van der Waals surface area contributed by atoms with E-state index < -0.39 is 6.03 Å². The molecule has 26 heavy (non-hydrogen) atoms. The Bertz CT molecular complexity index is 913. The zero-order valence-electron chi connectivity index (χ0n) is 14.8. The van der Waals surface area contributed by atoms with Gasteiger partial charge in [0.2, 0.25) is 0 Å². The molecular formula is C21H23N3O2. The van der Waals surface area contributed by atoms with Crippen molar-refractivity contribution >= 4 is 22.6 Å². The van der Waals surface area contributed by atoms with Crippen LogP contribution in [0.1, 0.15) is 37.3 Å². The molecule has 0 bridgehead atoms. The molecule has 5 nitrogen and oxygen atoms in total. The third-order valence-electron chi connectivity index (χ3n) is 4.24. The number of H-pyrrole nitrogens is 1. The standard InChI is InChI=1S/C21H23N3O2/c1-2-3-9-14-22-21(26)24-19(15-10-5-4-6-11-15)18-16-12-7-8-13-17(16)23-20(18)25/h4-8,10-13,23,25H,2-3,9,14H2,1H3,(H,22,26). The lowest BCUT2D eigenvalue weighted by molar-refractivity contribution is 0.249. The summed E-state index contributed by atoms with van der Waals surface area (Å²) in [5.41, 5.74) is 2.56. The average Bonchev–Trinajstić information content (AvgIpc) is 3.00. The van der Waals surface area contributed by atoms with Gasteiger partial charge in [-0.05, 0) is 12.5 Å². The summed E-state index contributed by atoms with van der Waals surface area (Å²) >= 11 is 0. The number of aromatic hydroxyl groups is 1. The second kappa shape index (κ2) is 8.34. The number of aromatic nitrogens is 1. The normalized spacial score (nSPS) is 11.7. The highest BCUT2D eigenvalue weighted by molar-refractivity contribution is 6.23. The number of aromatic amines is 1. The van der Waals surface area contributed by atoms with Gasteiger partial charge in [-0.15, -0.1) is 0 Å². The SMILES string of the molecule is CCCCCNC(=O)N=C(c1ccccc1)c1c(O)[nH]c2ccccc12. The summed E-state index contributed by atoms with van der Waals surface area (Å²) < 4.78 is 0. The number of hydrogen-bond donors (Lipinski definition) is 3. The molecule has 3 N–H and O–H groups in total. The largest absolute Gasteiger partial charge is 0.494 e. The quantitative estimate of drug-likeness (QED) is 0.449. The van der Waals surface area contributed by atoms with Crippen LogP contribution in [0.25, 0.3) is 10.9 Å². The first-order valence-electron chi connectivity index (χ1n) is 8.92. The van der Waals surface area contributed by atoms with Gasteiger partial charge in [0, 0.05) is 23.0 Å². The number of hydrogen-bond acceptors (Lipinski definition) is 2. The summed E-state index contributed by atoms with van der Waals surface area (Å²) in [6.07, 6.45) is 3.09. The first kappa shape index (κ1) is 17.7. The topological polar surface area (TPSA) is 77.5 Å². The molecule has 3 aromatic rings. The van der Waals surface area contributed by atoms with Crippen LogP contribution in [0.5, 0.6) is 5.88 Å². The number of para-hydroxylation sites is 1. The van der Waals surface area contributed by atoms with Gasteiger partial charge < -0.3 is 15.4 Å². The minimum Gasteiger partial charge on any atom is -0.494 e. The van der Waals surface area contributed by atoms with Crippen LogP contribution in [-0.2, 0) is 0 Å². The maximum Gasteiger partial charge on any atom is 0.341 e. The molecule has 1 aromatic heterocycles. The van der Waals surface area contributed by atoms with Crippen LogP contribution in [0.15, 0.2) is 59.6 Å². The second-order valence-electron chi connectivity index (χ2n) is 6.16. The Morgan fingerprint density at radius 1 is 1.08 bits per heavy atom. The number of carbonyl (C=O) groups excluding carboxylic acids is 1. The fraction of sp³-hybridized carbons (Fsp3) is 0.238. The molecule has 0 unspecified atom stereocenters. The lowest BCUT2D eigenvalue weighted by atomic mass is 10.0. The van der Waals surface area contributed by atoms with Crippen molar-refractivity contribution in [2.24, 2.45) is 4.99 Å². The average molecular weight is 349 g/mol. The van der Waals surface area contributed by atoms with Gasteiger partial charge in [0.05, 0.1) is 11.3 Å². The highest BCUT2D eigenvalue weighted by atomic mass is 16.3. The van der Waals surface area contributed by atoms with Gasteiger partial charge in [0.15, 0.2) is 5.88 Å². The Morgan fingerprint density at radius 2 is 1.81 bits per heavy atom. The molecule has 0 aliphatic heterocycles. The first-order chi connectivity index (χ1) is 12.7. The molecule has 0 spiro atoms. The van der Waals surface area contributed by atoms with Crippen molar-refractivity contribution in [3.05, 3.63) is 65.7 Å². The van der Waals surface area contributed by atoms with Crippen LogP contribution in [0.4, 0.5) is 4.79 Å². The third kappa shape index (κ3) is 3.94. The molecule has 0 saturated heterocycles. The summed E-state index contributed by atoms with van der Waals surface area (Å²) in [5.74, 6) is 0.00702. The summed E-state index contributed by atoms with van der Waals surface area (Å²) in [4.78, 5) is 19.6. The van der Waals surface area contributed by atoms with Crippen molar-refractivity contribution in [3.63, 3.8) is 0 Å². The van der Waals surface area contributed by atoms with Crippen molar-refractivity contribution in [3.8, 4) is 5.88 Å². The van der Waals surface area contributed by atoms with E-state index in [9.17, 15) is 9.90 Å². The van der Waals surface area contributed by atoms with Crippen molar-refractivity contribution < 1.29 is 9.90 Å². The monoisotopic (exact) mass is 349 g/mol. The van der Waals surface area contributed by atoms with Gasteiger partial charge in [-0.3, -0.25) is 0 Å². The summed E-state index contributed by atoms with van der Waals surface area (Å²) in [7, 11) is 0. The molecule has 0 fully saturated rings. The number of carbonyl (C=O) groups is 1. The Kier molecular flexibility index (Phi) is 5.69. The number of rotatable bonds is 6. The highest BCUT2D eigenvalue weighted by Gasteiger charge is 2.19. The number of benzene rings is 2. The number of nitrogens with zero attached hydrogens (tertiary/aromatic N) is 1. The molecule has 134 valence electrons. The number of amides is 2. The summed E-state index contributed by atoms with van der Waals surface area (Å²) in [6.45, 7) is 2.71. The molecule has 0 saturated carbocycles. The van der Waals surface area contributed by atoms with Crippen molar-refractivity contribution in [1.82, 2.24) is 10.3 Å². The van der Waals surface area contributed by atoms with Gasteiger partial charge >= 0.3 is 6.03 Å². The molecule has 5 heteroatoms. The molecule has 0 aliphatic rings. The number of urea groups is 1. The molecule has 2 aromatic carbocycles. The van der Waals surface area contributed by atoms with E-state index in [2.05, 4.69) is 22.2 Å². The maximum absolute atomic E-state index is 12.3. The van der Waals surface area contributed by atoms with Crippen LogP contribution in [-0.4, -0.2) is 28.4 Å².